The quantitative estimate of drug-likeness (QED) is 0.623. The van der Waals surface area contributed by atoms with Gasteiger partial charge >= 0.3 is 0 Å². The van der Waals surface area contributed by atoms with Crippen molar-refractivity contribution in [3.05, 3.63) is 64.2 Å². The molecule has 18 heavy (non-hydrogen) atoms. The number of nitrogens with zero attached hydrogens (tertiary/aromatic N) is 1. The summed E-state index contributed by atoms with van der Waals surface area (Å²) in [4.78, 5) is 10.8. The Balaban J connectivity index is 2.31. The van der Waals surface area contributed by atoms with Gasteiger partial charge < -0.3 is 0 Å². The minimum atomic E-state index is -0.692. The lowest BCUT2D eigenvalue weighted by molar-refractivity contribution is -0.385. The molecular weight excluding hydrogens is 260 g/mol. The molecule has 0 saturated carbocycles. The van der Waals surface area contributed by atoms with Crippen molar-refractivity contribution in [1.82, 2.24) is 0 Å². The SMILES string of the molecule is O=[N+]([O-])c1cc(F)cc(Sc2cccc(F)c2)c1. The molecule has 0 spiro atoms. The Bertz CT molecular complexity index is 604. The van der Waals surface area contributed by atoms with Crippen LogP contribution >= 0.6 is 11.8 Å². The Hall–Kier alpha value is -1.95. The first-order valence-corrected chi connectivity index (χ1v) is 5.74. The monoisotopic (exact) mass is 267 g/mol. The molecule has 0 amide bonds. The number of nitro benzene ring substituents is 1. The van der Waals surface area contributed by atoms with Crippen molar-refractivity contribution < 1.29 is 13.7 Å². The fourth-order valence-electron chi connectivity index (χ4n) is 1.38. The summed E-state index contributed by atoms with van der Waals surface area (Å²) in [6.45, 7) is 0. The fraction of sp³-hybridized carbons (Fsp3) is 0. The minimum absolute atomic E-state index is 0.325. The standard InChI is InChI=1S/C12H7F2NO2S/c13-8-2-1-3-11(5-8)18-12-6-9(14)4-10(7-12)15(16)17/h1-7H. The topological polar surface area (TPSA) is 43.1 Å². The average molecular weight is 267 g/mol. The number of hydrogen-bond acceptors (Lipinski definition) is 3. The summed E-state index contributed by atoms with van der Waals surface area (Å²) in [6, 6.07) is 8.99. The van der Waals surface area contributed by atoms with Gasteiger partial charge in [0, 0.05) is 15.9 Å². The molecule has 0 atom stereocenters. The summed E-state index contributed by atoms with van der Waals surface area (Å²) in [5.74, 6) is -1.10. The number of rotatable bonds is 3. The van der Waals surface area contributed by atoms with Gasteiger partial charge in [-0.05, 0) is 24.3 Å². The molecule has 0 aromatic heterocycles. The molecule has 0 aliphatic heterocycles. The van der Waals surface area contributed by atoms with Gasteiger partial charge in [0.15, 0.2) is 0 Å². The van der Waals surface area contributed by atoms with E-state index in [9.17, 15) is 18.9 Å². The van der Waals surface area contributed by atoms with Gasteiger partial charge in [-0.2, -0.15) is 0 Å². The predicted molar refractivity (Wildman–Crippen MR) is 63.6 cm³/mol. The van der Waals surface area contributed by atoms with E-state index in [0.717, 1.165) is 17.8 Å². The van der Waals surface area contributed by atoms with Crippen LogP contribution in [0.4, 0.5) is 14.5 Å². The zero-order chi connectivity index (χ0) is 13.1. The van der Waals surface area contributed by atoms with Crippen LogP contribution in [0.5, 0.6) is 0 Å². The van der Waals surface area contributed by atoms with E-state index >= 15 is 0 Å². The first-order chi connectivity index (χ1) is 8.54. The molecule has 2 aromatic rings. The average Bonchev–Trinajstić information content (AvgIpc) is 2.28. The highest BCUT2D eigenvalue weighted by Crippen LogP contribution is 2.31. The molecule has 0 unspecified atom stereocenters. The van der Waals surface area contributed by atoms with Crippen LogP contribution in [0.2, 0.25) is 0 Å². The van der Waals surface area contributed by atoms with E-state index in [2.05, 4.69) is 0 Å². The number of hydrogen-bond donors (Lipinski definition) is 0. The molecule has 0 N–H and O–H groups in total. The molecule has 0 bridgehead atoms. The van der Waals surface area contributed by atoms with Gasteiger partial charge in [0.25, 0.3) is 5.69 Å². The summed E-state index contributed by atoms with van der Waals surface area (Å²) in [5.41, 5.74) is -0.325. The van der Waals surface area contributed by atoms with Gasteiger partial charge in [0.2, 0.25) is 0 Å². The summed E-state index contributed by atoms with van der Waals surface area (Å²) in [6.07, 6.45) is 0. The number of nitro groups is 1. The maximum absolute atomic E-state index is 13.2. The Morgan fingerprint density at radius 1 is 1.00 bits per heavy atom. The molecule has 6 heteroatoms. The van der Waals surface area contributed by atoms with Gasteiger partial charge in [-0.25, -0.2) is 8.78 Å². The maximum atomic E-state index is 13.2. The van der Waals surface area contributed by atoms with Gasteiger partial charge in [-0.3, -0.25) is 10.1 Å². The normalized spacial score (nSPS) is 10.3. The van der Waals surface area contributed by atoms with E-state index in [4.69, 9.17) is 0 Å². The van der Waals surface area contributed by atoms with Crippen LogP contribution in [0.1, 0.15) is 0 Å². The van der Waals surface area contributed by atoms with Crippen LogP contribution in [0.3, 0.4) is 0 Å². The smallest absolute Gasteiger partial charge is 0.258 e. The predicted octanol–water partition coefficient (Wildman–Crippen LogP) is 4.02. The Kier molecular flexibility index (Phi) is 3.57. The van der Waals surface area contributed by atoms with Crippen molar-refractivity contribution in [1.29, 1.82) is 0 Å². The van der Waals surface area contributed by atoms with Crippen molar-refractivity contribution in [2.45, 2.75) is 9.79 Å². The Morgan fingerprint density at radius 2 is 1.72 bits per heavy atom. The second kappa shape index (κ2) is 5.14. The zero-order valence-electron chi connectivity index (χ0n) is 8.97. The zero-order valence-corrected chi connectivity index (χ0v) is 9.79. The maximum Gasteiger partial charge on any atom is 0.273 e. The van der Waals surface area contributed by atoms with Gasteiger partial charge in [0.05, 0.1) is 11.0 Å². The Labute approximate surface area is 106 Å². The molecule has 3 nitrogen and oxygen atoms in total. The highest BCUT2D eigenvalue weighted by atomic mass is 32.2. The lowest BCUT2D eigenvalue weighted by atomic mass is 10.3. The number of non-ortho nitro benzene ring substituents is 1. The molecule has 0 fully saturated rings. The van der Waals surface area contributed by atoms with Crippen molar-refractivity contribution in [2.24, 2.45) is 0 Å². The molecule has 2 aromatic carbocycles. The van der Waals surface area contributed by atoms with Gasteiger partial charge in [0.1, 0.15) is 11.6 Å². The highest BCUT2D eigenvalue weighted by molar-refractivity contribution is 7.99. The van der Waals surface area contributed by atoms with Crippen LogP contribution in [0, 0.1) is 21.7 Å². The third kappa shape index (κ3) is 3.04. The van der Waals surface area contributed by atoms with Crippen LogP contribution in [0.25, 0.3) is 0 Å². The second-order valence-electron chi connectivity index (χ2n) is 3.46. The van der Waals surface area contributed by atoms with Crippen molar-refractivity contribution in [3.63, 3.8) is 0 Å². The van der Waals surface area contributed by atoms with E-state index in [-0.39, 0.29) is 5.69 Å². The lowest BCUT2D eigenvalue weighted by Gasteiger charge is -2.02. The molecule has 0 radical (unpaired) electrons. The third-order valence-corrected chi connectivity index (χ3v) is 3.06. The fourth-order valence-corrected chi connectivity index (χ4v) is 2.32. The molecule has 0 saturated heterocycles. The number of benzene rings is 2. The van der Waals surface area contributed by atoms with E-state index in [1.165, 1.54) is 30.3 Å². The molecular formula is C12H7F2NO2S. The van der Waals surface area contributed by atoms with E-state index in [1.54, 1.807) is 6.07 Å². The lowest BCUT2D eigenvalue weighted by Crippen LogP contribution is -1.89. The largest absolute Gasteiger partial charge is 0.273 e. The molecule has 92 valence electrons. The van der Waals surface area contributed by atoms with Crippen LogP contribution < -0.4 is 0 Å². The first kappa shape index (κ1) is 12.5. The van der Waals surface area contributed by atoms with Gasteiger partial charge in [-0.15, -0.1) is 0 Å². The summed E-state index contributed by atoms with van der Waals surface area (Å²) in [5, 5.41) is 10.6. The molecule has 0 aliphatic carbocycles. The Morgan fingerprint density at radius 3 is 2.39 bits per heavy atom. The highest BCUT2D eigenvalue weighted by Gasteiger charge is 2.10. The number of halogens is 2. The van der Waals surface area contributed by atoms with E-state index < -0.39 is 16.6 Å². The van der Waals surface area contributed by atoms with Crippen LogP contribution in [-0.4, -0.2) is 4.92 Å². The minimum Gasteiger partial charge on any atom is -0.258 e. The van der Waals surface area contributed by atoms with Crippen LogP contribution in [-0.2, 0) is 0 Å². The summed E-state index contributed by atoms with van der Waals surface area (Å²) < 4.78 is 26.1. The summed E-state index contributed by atoms with van der Waals surface area (Å²) >= 11 is 1.06. The van der Waals surface area contributed by atoms with Crippen LogP contribution in [0.15, 0.2) is 52.3 Å². The van der Waals surface area contributed by atoms with Crippen molar-refractivity contribution >= 4 is 17.4 Å². The molecule has 2 rings (SSSR count). The molecule has 0 aliphatic rings. The third-order valence-electron chi connectivity index (χ3n) is 2.10. The molecule has 0 heterocycles. The summed E-state index contributed by atoms with van der Waals surface area (Å²) in [7, 11) is 0. The van der Waals surface area contributed by atoms with E-state index in [0.29, 0.717) is 9.79 Å². The van der Waals surface area contributed by atoms with Crippen molar-refractivity contribution in [2.75, 3.05) is 0 Å². The van der Waals surface area contributed by atoms with E-state index in [1.807, 2.05) is 0 Å². The first-order valence-electron chi connectivity index (χ1n) is 4.93. The van der Waals surface area contributed by atoms with Crippen molar-refractivity contribution in [3.8, 4) is 0 Å². The second-order valence-corrected chi connectivity index (χ2v) is 4.61. The van der Waals surface area contributed by atoms with Gasteiger partial charge in [-0.1, -0.05) is 17.8 Å².